The average molecular weight is 279 g/mol. The normalized spacial score (nSPS) is 13.9. The molecule has 0 fully saturated rings. The molecule has 0 atom stereocenters. The van der Waals surface area contributed by atoms with Gasteiger partial charge in [0.25, 0.3) is 0 Å². The zero-order valence-electron chi connectivity index (χ0n) is 10.6. The maximum absolute atomic E-state index is 13.7. The third kappa shape index (κ3) is 2.33. The van der Waals surface area contributed by atoms with E-state index in [9.17, 15) is 4.39 Å². The molecule has 2 aromatic rings. The van der Waals surface area contributed by atoms with Gasteiger partial charge < -0.3 is 9.64 Å². The largest absolute Gasteiger partial charge is 0.384 e. The van der Waals surface area contributed by atoms with E-state index in [0.29, 0.717) is 13.0 Å². The molecule has 0 unspecified atom stereocenters. The predicted octanol–water partition coefficient (Wildman–Crippen LogP) is 2.56. The van der Waals surface area contributed by atoms with Crippen LogP contribution in [0.3, 0.4) is 0 Å². The molecule has 1 aliphatic heterocycles. The van der Waals surface area contributed by atoms with Crippen LogP contribution in [0.5, 0.6) is 0 Å². The maximum Gasteiger partial charge on any atom is 0.209 e. The molecule has 6 heteroatoms. The Kier molecular flexibility index (Phi) is 3.44. The second-order valence-corrected chi connectivity index (χ2v) is 5.11. The number of hydrogen-bond donors (Lipinski definition) is 0. The zero-order chi connectivity index (χ0) is 13.2. The number of nitrogens with zero attached hydrogens (tertiary/aromatic N) is 3. The highest BCUT2D eigenvalue weighted by molar-refractivity contribution is 7.09. The lowest BCUT2D eigenvalue weighted by Gasteiger charge is -2.14. The van der Waals surface area contributed by atoms with E-state index in [-0.39, 0.29) is 5.82 Å². The summed E-state index contributed by atoms with van der Waals surface area (Å²) in [5.74, 6) is 0.649. The van der Waals surface area contributed by atoms with E-state index in [1.165, 1.54) is 17.6 Å². The minimum Gasteiger partial charge on any atom is -0.384 e. The minimum absolute atomic E-state index is 0.135. The fraction of sp³-hybridized carbons (Fsp3) is 0.385. The molecule has 3 rings (SSSR count). The second-order valence-electron chi connectivity index (χ2n) is 4.38. The molecule has 4 nitrogen and oxygen atoms in total. The standard InChI is InChI=1S/C13H14FN3OS/c1-18-8-6-12-15-13(19-16-12)17-7-5-9-10(14)3-2-4-11(9)17/h2-4H,5-8H2,1H3. The molecule has 0 saturated heterocycles. The first-order valence-electron chi connectivity index (χ1n) is 6.16. The minimum atomic E-state index is -0.135. The van der Waals surface area contributed by atoms with Gasteiger partial charge in [-0.2, -0.15) is 4.37 Å². The van der Waals surface area contributed by atoms with Crippen LogP contribution in [0.2, 0.25) is 0 Å². The van der Waals surface area contributed by atoms with Gasteiger partial charge in [0.15, 0.2) is 0 Å². The highest BCUT2D eigenvalue weighted by Crippen LogP contribution is 2.36. The number of anilines is 2. The van der Waals surface area contributed by atoms with Crippen molar-refractivity contribution in [3.8, 4) is 0 Å². The van der Waals surface area contributed by atoms with Crippen LogP contribution in [-0.4, -0.2) is 29.6 Å². The number of benzene rings is 1. The number of methoxy groups -OCH3 is 1. The Bertz CT molecular complexity index is 587. The average Bonchev–Trinajstić information content (AvgIpc) is 3.02. The Hall–Kier alpha value is -1.53. The molecule has 19 heavy (non-hydrogen) atoms. The zero-order valence-corrected chi connectivity index (χ0v) is 11.4. The predicted molar refractivity (Wildman–Crippen MR) is 72.6 cm³/mol. The highest BCUT2D eigenvalue weighted by atomic mass is 32.1. The van der Waals surface area contributed by atoms with Crippen molar-refractivity contribution in [3.05, 3.63) is 35.4 Å². The summed E-state index contributed by atoms with van der Waals surface area (Å²) >= 11 is 1.35. The molecule has 0 saturated carbocycles. The Morgan fingerprint density at radius 1 is 1.47 bits per heavy atom. The van der Waals surface area contributed by atoms with E-state index in [4.69, 9.17) is 4.74 Å². The van der Waals surface area contributed by atoms with Gasteiger partial charge in [0.1, 0.15) is 11.6 Å². The van der Waals surface area contributed by atoms with Crippen LogP contribution in [0.15, 0.2) is 18.2 Å². The molecule has 2 heterocycles. The Morgan fingerprint density at radius 3 is 3.21 bits per heavy atom. The molecule has 0 aliphatic carbocycles. The monoisotopic (exact) mass is 279 g/mol. The van der Waals surface area contributed by atoms with Crippen LogP contribution in [-0.2, 0) is 17.6 Å². The molecule has 0 amide bonds. The summed E-state index contributed by atoms with van der Waals surface area (Å²) in [7, 11) is 1.66. The molecule has 1 aromatic carbocycles. The lowest BCUT2D eigenvalue weighted by Crippen LogP contribution is -2.13. The summed E-state index contributed by atoms with van der Waals surface area (Å²) in [4.78, 5) is 6.52. The molecule has 0 bridgehead atoms. The van der Waals surface area contributed by atoms with Gasteiger partial charge in [-0.15, -0.1) is 0 Å². The molecule has 0 N–H and O–H groups in total. The first-order valence-corrected chi connectivity index (χ1v) is 6.93. The Balaban J connectivity index is 1.85. The molecule has 0 radical (unpaired) electrons. The van der Waals surface area contributed by atoms with Crippen molar-refractivity contribution in [2.24, 2.45) is 0 Å². The smallest absolute Gasteiger partial charge is 0.209 e. The third-order valence-electron chi connectivity index (χ3n) is 3.19. The van der Waals surface area contributed by atoms with Crippen molar-refractivity contribution < 1.29 is 9.13 Å². The first kappa shape index (κ1) is 12.5. The van der Waals surface area contributed by atoms with Gasteiger partial charge in [-0.05, 0) is 18.6 Å². The van der Waals surface area contributed by atoms with Crippen LogP contribution >= 0.6 is 11.5 Å². The number of rotatable bonds is 4. The SMILES string of the molecule is COCCc1nsc(N2CCc3c(F)cccc32)n1. The summed E-state index contributed by atoms with van der Waals surface area (Å²) in [5.41, 5.74) is 1.69. The van der Waals surface area contributed by atoms with Crippen LogP contribution in [0.25, 0.3) is 0 Å². The van der Waals surface area contributed by atoms with E-state index in [0.717, 1.165) is 35.2 Å². The summed E-state index contributed by atoms with van der Waals surface area (Å²) in [5, 5.41) is 0.829. The van der Waals surface area contributed by atoms with Crippen molar-refractivity contribution in [1.29, 1.82) is 0 Å². The maximum atomic E-state index is 13.7. The molecular weight excluding hydrogens is 265 g/mol. The summed E-state index contributed by atoms with van der Waals surface area (Å²) < 4.78 is 23.0. The summed E-state index contributed by atoms with van der Waals surface area (Å²) in [6.07, 6.45) is 1.42. The van der Waals surface area contributed by atoms with Crippen LogP contribution in [0.4, 0.5) is 15.2 Å². The molecular formula is C13H14FN3OS. The topological polar surface area (TPSA) is 38.2 Å². The van der Waals surface area contributed by atoms with Crippen molar-refractivity contribution in [3.63, 3.8) is 0 Å². The number of halogens is 1. The summed E-state index contributed by atoms with van der Waals surface area (Å²) in [6, 6.07) is 5.17. The van der Waals surface area contributed by atoms with Gasteiger partial charge in [-0.1, -0.05) is 6.07 Å². The fourth-order valence-electron chi connectivity index (χ4n) is 2.24. The van der Waals surface area contributed by atoms with Gasteiger partial charge in [-0.25, -0.2) is 9.37 Å². The van der Waals surface area contributed by atoms with Crippen LogP contribution in [0.1, 0.15) is 11.4 Å². The number of aromatic nitrogens is 2. The molecule has 100 valence electrons. The fourth-order valence-corrected chi connectivity index (χ4v) is 2.99. The van der Waals surface area contributed by atoms with Gasteiger partial charge >= 0.3 is 0 Å². The van der Waals surface area contributed by atoms with Crippen molar-refractivity contribution in [2.45, 2.75) is 12.8 Å². The number of fused-ring (bicyclic) bond motifs is 1. The van der Waals surface area contributed by atoms with Gasteiger partial charge in [0.05, 0.1) is 6.61 Å². The highest BCUT2D eigenvalue weighted by Gasteiger charge is 2.25. The van der Waals surface area contributed by atoms with Crippen molar-refractivity contribution >= 4 is 22.4 Å². The summed E-state index contributed by atoms with van der Waals surface area (Å²) in [6.45, 7) is 1.37. The Morgan fingerprint density at radius 2 is 2.37 bits per heavy atom. The van der Waals surface area contributed by atoms with E-state index in [2.05, 4.69) is 9.36 Å². The Labute approximate surface area is 115 Å². The van der Waals surface area contributed by atoms with E-state index >= 15 is 0 Å². The van der Waals surface area contributed by atoms with E-state index < -0.39 is 0 Å². The van der Waals surface area contributed by atoms with Crippen LogP contribution in [0, 0.1) is 5.82 Å². The van der Waals surface area contributed by atoms with Crippen LogP contribution < -0.4 is 4.90 Å². The number of hydrogen-bond acceptors (Lipinski definition) is 5. The third-order valence-corrected chi connectivity index (χ3v) is 3.97. The van der Waals surface area contributed by atoms with Crippen molar-refractivity contribution in [1.82, 2.24) is 9.36 Å². The molecule has 1 aliphatic rings. The van der Waals surface area contributed by atoms with E-state index in [1.807, 2.05) is 11.0 Å². The lowest BCUT2D eigenvalue weighted by molar-refractivity contribution is 0.201. The quantitative estimate of drug-likeness (QED) is 0.862. The molecule has 0 spiro atoms. The van der Waals surface area contributed by atoms with E-state index in [1.54, 1.807) is 13.2 Å². The van der Waals surface area contributed by atoms with Gasteiger partial charge in [0.2, 0.25) is 5.13 Å². The second kappa shape index (κ2) is 5.22. The lowest BCUT2D eigenvalue weighted by atomic mass is 10.1. The first-order chi connectivity index (χ1) is 9.29. The number of ether oxygens (including phenoxy) is 1. The van der Waals surface area contributed by atoms with Gasteiger partial charge in [0, 0.05) is 42.9 Å². The van der Waals surface area contributed by atoms with Gasteiger partial charge in [-0.3, -0.25) is 0 Å². The molecule has 1 aromatic heterocycles. The van der Waals surface area contributed by atoms with Crippen molar-refractivity contribution in [2.75, 3.05) is 25.2 Å².